The number of nitrogens with zero attached hydrogens (tertiary/aromatic N) is 2. The Morgan fingerprint density at radius 1 is 1.04 bits per heavy atom. The van der Waals surface area contributed by atoms with Crippen molar-refractivity contribution in [1.82, 2.24) is 14.5 Å². The van der Waals surface area contributed by atoms with Gasteiger partial charge in [0.1, 0.15) is 16.4 Å². The fourth-order valence-electron chi connectivity index (χ4n) is 2.99. The lowest BCUT2D eigenvalue weighted by atomic mass is 10.2. The Hall–Kier alpha value is -2.84. The molecule has 0 radical (unpaired) electrons. The molecule has 7 nitrogen and oxygen atoms in total. The molecule has 3 aromatic rings. The maximum Gasteiger partial charge on any atom is 0.244 e. The third kappa shape index (κ3) is 3.88. The first kappa shape index (κ1) is 19.9. The molecule has 0 unspecified atom stereocenters. The molecular formula is C20H23N3O4S. The van der Waals surface area contributed by atoms with E-state index >= 15 is 0 Å². The summed E-state index contributed by atoms with van der Waals surface area (Å²) in [5.74, 6) is 0.687. The Morgan fingerprint density at radius 2 is 1.75 bits per heavy atom. The summed E-state index contributed by atoms with van der Waals surface area (Å²) in [6.45, 7) is 3.90. The van der Waals surface area contributed by atoms with Gasteiger partial charge < -0.3 is 9.47 Å². The summed E-state index contributed by atoms with van der Waals surface area (Å²) >= 11 is 0. The molecular weight excluding hydrogens is 378 g/mol. The first-order chi connectivity index (χ1) is 13.4. The van der Waals surface area contributed by atoms with Gasteiger partial charge in [-0.15, -0.1) is 0 Å². The zero-order valence-corrected chi connectivity index (χ0v) is 17.1. The molecule has 1 N–H and O–H groups in total. The molecule has 0 bridgehead atoms. The topological polar surface area (TPSA) is 82.4 Å². The predicted molar refractivity (Wildman–Crippen MR) is 107 cm³/mol. The number of methoxy groups -OCH3 is 2. The van der Waals surface area contributed by atoms with Crippen molar-refractivity contribution in [1.29, 1.82) is 0 Å². The van der Waals surface area contributed by atoms with E-state index in [1.807, 2.05) is 48.9 Å². The number of hydrogen-bond donors (Lipinski definition) is 1. The average molecular weight is 401 g/mol. The van der Waals surface area contributed by atoms with E-state index in [-0.39, 0.29) is 17.2 Å². The Morgan fingerprint density at radius 3 is 2.39 bits per heavy atom. The summed E-state index contributed by atoms with van der Waals surface area (Å²) in [4.78, 5) is 0.0279. The Balaban J connectivity index is 1.89. The molecule has 3 rings (SSSR count). The van der Waals surface area contributed by atoms with Crippen LogP contribution in [0.2, 0.25) is 0 Å². The molecule has 2 aromatic carbocycles. The molecule has 0 saturated carbocycles. The molecule has 28 heavy (non-hydrogen) atoms. The molecule has 0 aliphatic rings. The van der Waals surface area contributed by atoms with Crippen LogP contribution < -0.4 is 14.2 Å². The summed E-state index contributed by atoms with van der Waals surface area (Å²) in [5.41, 5.74) is 3.40. The van der Waals surface area contributed by atoms with Crippen LogP contribution in [0.1, 0.15) is 17.0 Å². The SMILES string of the molecule is COc1ccc(OC)c(S(=O)(=O)NCc2c(C)nn(-c3ccccc3)c2C)c1. The maximum absolute atomic E-state index is 12.9. The Kier molecular flexibility index (Phi) is 5.71. The van der Waals surface area contributed by atoms with E-state index in [1.165, 1.54) is 20.3 Å². The zero-order valence-electron chi connectivity index (χ0n) is 16.3. The van der Waals surface area contributed by atoms with Crippen LogP contribution in [0, 0.1) is 13.8 Å². The van der Waals surface area contributed by atoms with Crippen molar-refractivity contribution in [2.45, 2.75) is 25.3 Å². The van der Waals surface area contributed by atoms with Gasteiger partial charge in [0, 0.05) is 23.9 Å². The van der Waals surface area contributed by atoms with E-state index in [0.717, 1.165) is 22.6 Å². The number of aromatic nitrogens is 2. The van der Waals surface area contributed by atoms with Gasteiger partial charge in [-0.3, -0.25) is 0 Å². The number of aryl methyl sites for hydroxylation is 1. The molecule has 0 spiro atoms. The molecule has 0 atom stereocenters. The number of para-hydroxylation sites is 1. The number of nitrogens with one attached hydrogen (secondary N) is 1. The quantitative estimate of drug-likeness (QED) is 0.658. The molecule has 1 aromatic heterocycles. The highest BCUT2D eigenvalue weighted by atomic mass is 32.2. The van der Waals surface area contributed by atoms with Crippen LogP contribution >= 0.6 is 0 Å². The molecule has 8 heteroatoms. The summed E-state index contributed by atoms with van der Waals surface area (Å²) in [6.07, 6.45) is 0. The van der Waals surface area contributed by atoms with E-state index in [4.69, 9.17) is 9.47 Å². The minimum absolute atomic E-state index is 0.0279. The van der Waals surface area contributed by atoms with E-state index in [9.17, 15) is 8.42 Å². The second kappa shape index (κ2) is 8.04. The number of sulfonamides is 1. The van der Waals surface area contributed by atoms with Crippen LogP contribution in [0.3, 0.4) is 0 Å². The number of hydrogen-bond acceptors (Lipinski definition) is 5. The van der Waals surface area contributed by atoms with Gasteiger partial charge in [0.05, 0.1) is 25.6 Å². The number of rotatable bonds is 7. The minimum atomic E-state index is -3.81. The molecule has 0 amide bonds. The Bertz CT molecular complexity index is 1080. The predicted octanol–water partition coefficient (Wildman–Crippen LogP) is 2.98. The lowest BCUT2D eigenvalue weighted by Crippen LogP contribution is -2.24. The summed E-state index contributed by atoms with van der Waals surface area (Å²) < 4.78 is 40.6. The summed E-state index contributed by atoms with van der Waals surface area (Å²) in [5, 5.41) is 4.55. The van der Waals surface area contributed by atoms with Gasteiger partial charge in [0.25, 0.3) is 0 Å². The Labute approximate surface area is 165 Å². The smallest absolute Gasteiger partial charge is 0.244 e. The highest BCUT2D eigenvalue weighted by molar-refractivity contribution is 7.89. The molecule has 0 aliphatic carbocycles. The molecule has 0 fully saturated rings. The van der Waals surface area contributed by atoms with Crippen molar-refractivity contribution in [3.63, 3.8) is 0 Å². The van der Waals surface area contributed by atoms with Crippen molar-refractivity contribution >= 4 is 10.0 Å². The van der Waals surface area contributed by atoms with Gasteiger partial charge in [-0.2, -0.15) is 5.10 Å². The highest BCUT2D eigenvalue weighted by Gasteiger charge is 2.22. The number of ether oxygens (including phenoxy) is 2. The third-order valence-electron chi connectivity index (χ3n) is 4.54. The van der Waals surface area contributed by atoms with Crippen molar-refractivity contribution in [3.05, 3.63) is 65.5 Å². The fraction of sp³-hybridized carbons (Fsp3) is 0.250. The highest BCUT2D eigenvalue weighted by Crippen LogP contribution is 2.28. The van der Waals surface area contributed by atoms with Gasteiger partial charge >= 0.3 is 0 Å². The monoisotopic (exact) mass is 401 g/mol. The van der Waals surface area contributed by atoms with E-state index < -0.39 is 10.0 Å². The van der Waals surface area contributed by atoms with Crippen LogP contribution in [0.15, 0.2) is 53.4 Å². The average Bonchev–Trinajstić information content (AvgIpc) is 3.00. The van der Waals surface area contributed by atoms with Crippen molar-refractivity contribution in [2.24, 2.45) is 0 Å². The molecule has 0 saturated heterocycles. The first-order valence-corrected chi connectivity index (χ1v) is 10.2. The van der Waals surface area contributed by atoms with Crippen molar-refractivity contribution in [3.8, 4) is 17.2 Å². The van der Waals surface area contributed by atoms with E-state index in [0.29, 0.717) is 5.75 Å². The van der Waals surface area contributed by atoms with Gasteiger partial charge in [0.15, 0.2) is 0 Å². The lowest BCUT2D eigenvalue weighted by molar-refractivity contribution is 0.392. The third-order valence-corrected chi connectivity index (χ3v) is 5.96. The van der Waals surface area contributed by atoms with Gasteiger partial charge in [-0.1, -0.05) is 18.2 Å². The maximum atomic E-state index is 12.9. The second-order valence-electron chi connectivity index (χ2n) is 6.24. The van der Waals surface area contributed by atoms with E-state index in [1.54, 1.807) is 12.1 Å². The number of benzene rings is 2. The van der Waals surface area contributed by atoms with Crippen LogP contribution in [-0.2, 0) is 16.6 Å². The van der Waals surface area contributed by atoms with Gasteiger partial charge in [-0.05, 0) is 38.1 Å². The largest absolute Gasteiger partial charge is 0.497 e. The van der Waals surface area contributed by atoms with Crippen LogP contribution in [0.25, 0.3) is 5.69 Å². The van der Waals surface area contributed by atoms with Crippen molar-refractivity contribution in [2.75, 3.05) is 14.2 Å². The van der Waals surface area contributed by atoms with E-state index in [2.05, 4.69) is 9.82 Å². The minimum Gasteiger partial charge on any atom is -0.497 e. The van der Waals surface area contributed by atoms with Crippen LogP contribution in [0.5, 0.6) is 11.5 Å². The van der Waals surface area contributed by atoms with Crippen LogP contribution in [0.4, 0.5) is 0 Å². The van der Waals surface area contributed by atoms with Gasteiger partial charge in [0.2, 0.25) is 10.0 Å². The molecule has 0 aliphatic heterocycles. The summed E-state index contributed by atoms with van der Waals surface area (Å²) in [6, 6.07) is 14.4. The second-order valence-corrected chi connectivity index (χ2v) is 7.97. The zero-order chi connectivity index (χ0) is 20.3. The summed E-state index contributed by atoms with van der Waals surface area (Å²) in [7, 11) is -0.903. The molecule has 1 heterocycles. The standard InChI is InChI=1S/C20H23N3O4S/c1-14-18(15(2)23(22-14)16-8-6-5-7-9-16)13-21-28(24,25)20-12-17(26-3)10-11-19(20)27-4/h5-12,21H,13H2,1-4H3. The van der Waals surface area contributed by atoms with Gasteiger partial charge in [-0.25, -0.2) is 17.8 Å². The first-order valence-electron chi connectivity index (χ1n) is 8.69. The fourth-order valence-corrected chi connectivity index (χ4v) is 4.17. The lowest BCUT2D eigenvalue weighted by Gasteiger charge is -2.12. The normalized spacial score (nSPS) is 11.4. The van der Waals surface area contributed by atoms with Crippen molar-refractivity contribution < 1.29 is 17.9 Å². The van der Waals surface area contributed by atoms with Crippen LogP contribution in [-0.4, -0.2) is 32.4 Å². The molecule has 148 valence electrons.